The number of rotatable bonds is 1. The highest BCUT2D eigenvalue weighted by molar-refractivity contribution is 5.81. The van der Waals surface area contributed by atoms with Crippen LogP contribution in [0.4, 0.5) is 5.82 Å². The van der Waals surface area contributed by atoms with Gasteiger partial charge in [0.25, 0.3) is 5.82 Å². The molecule has 5 heteroatoms. The van der Waals surface area contributed by atoms with Crippen LogP contribution in [0.25, 0.3) is 11.2 Å². The second-order valence-electron chi connectivity index (χ2n) is 3.60. The summed E-state index contributed by atoms with van der Waals surface area (Å²) in [5.41, 5.74) is 1.84. The van der Waals surface area contributed by atoms with Gasteiger partial charge in [-0.05, 0) is 0 Å². The first-order chi connectivity index (χ1) is 6.61. The van der Waals surface area contributed by atoms with E-state index in [1.54, 1.807) is 12.7 Å². The molecule has 2 heterocycles. The number of imidazole rings is 1. The van der Waals surface area contributed by atoms with E-state index in [4.69, 9.17) is 0 Å². The van der Waals surface area contributed by atoms with Gasteiger partial charge in [0.2, 0.25) is 12.0 Å². The molecule has 14 heavy (non-hydrogen) atoms. The van der Waals surface area contributed by atoms with Gasteiger partial charge in [-0.3, -0.25) is 4.90 Å². The van der Waals surface area contributed by atoms with Crippen LogP contribution in [0, 0.1) is 0 Å². The predicted octanol–water partition coefficient (Wildman–Crippen LogP) is -0.141. The van der Waals surface area contributed by atoms with Gasteiger partial charge >= 0.3 is 0 Å². The summed E-state index contributed by atoms with van der Waals surface area (Å²) in [6.45, 7) is 0. The van der Waals surface area contributed by atoms with Gasteiger partial charge in [-0.1, -0.05) is 4.98 Å². The van der Waals surface area contributed by atoms with E-state index in [1.807, 2.05) is 42.2 Å². The van der Waals surface area contributed by atoms with E-state index >= 15 is 0 Å². The number of fused-ring (bicyclic) bond motifs is 1. The summed E-state index contributed by atoms with van der Waals surface area (Å²) in [4.78, 5) is 10.7. The molecule has 0 bridgehead atoms. The predicted molar refractivity (Wildman–Crippen MR) is 54.0 cm³/mol. The minimum absolute atomic E-state index is 0.909. The van der Waals surface area contributed by atoms with Crippen molar-refractivity contribution in [2.24, 2.45) is 14.1 Å². The first-order valence-electron chi connectivity index (χ1n) is 4.44. The van der Waals surface area contributed by atoms with Gasteiger partial charge in [-0.15, -0.1) is 0 Å². The summed E-state index contributed by atoms with van der Waals surface area (Å²) in [7, 11) is 7.92. The molecule has 0 aliphatic heterocycles. The average Bonchev–Trinajstić information content (AvgIpc) is 2.47. The molecule has 0 fully saturated rings. The van der Waals surface area contributed by atoms with Crippen LogP contribution in [0.2, 0.25) is 0 Å². The van der Waals surface area contributed by atoms with E-state index < -0.39 is 0 Å². The first-order valence-corrected chi connectivity index (χ1v) is 4.44. The van der Waals surface area contributed by atoms with Crippen molar-refractivity contribution in [3.8, 4) is 0 Å². The van der Waals surface area contributed by atoms with Crippen LogP contribution in [-0.4, -0.2) is 28.6 Å². The molecule has 74 valence electrons. The zero-order valence-electron chi connectivity index (χ0n) is 8.89. The Morgan fingerprint density at radius 3 is 2.71 bits per heavy atom. The second-order valence-corrected chi connectivity index (χ2v) is 3.60. The van der Waals surface area contributed by atoms with Gasteiger partial charge in [0.05, 0.1) is 27.5 Å². The lowest BCUT2D eigenvalue weighted by molar-refractivity contribution is -0.660. The Labute approximate surface area is 82.6 Å². The van der Waals surface area contributed by atoms with Crippen LogP contribution in [0.5, 0.6) is 0 Å². The second kappa shape index (κ2) is 2.94. The molecule has 0 aliphatic rings. The maximum Gasteiger partial charge on any atom is 0.254 e. The Morgan fingerprint density at radius 2 is 2.07 bits per heavy atom. The van der Waals surface area contributed by atoms with Crippen LogP contribution in [0.3, 0.4) is 0 Å². The fourth-order valence-electron chi connectivity index (χ4n) is 1.62. The molecular formula is C9H14N5+. The monoisotopic (exact) mass is 192 g/mol. The third kappa shape index (κ3) is 1.13. The van der Waals surface area contributed by atoms with Crippen molar-refractivity contribution in [2.75, 3.05) is 19.0 Å². The summed E-state index contributed by atoms with van der Waals surface area (Å²) in [6.07, 6.45) is 3.59. The Kier molecular flexibility index (Phi) is 1.87. The number of nitrogens with zero attached hydrogens (tertiary/aromatic N) is 5. The lowest BCUT2D eigenvalue weighted by atomic mass is 10.4. The zero-order valence-corrected chi connectivity index (χ0v) is 8.89. The molecule has 0 unspecified atom stereocenters. The molecule has 2 aromatic heterocycles. The maximum atomic E-state index is 4.34. The van der Waals surface area contributed by atoms with Gasteiger partial charge in [0, 0.05) is 7.05 Å². The molecule has 5 nitrogen and oxygen atoms in total. The first kappa shape index (κ1) is 8.93. The van der Waals surface area contributed by atoms with Gasteiger partial charge in [-0.25, -0.2) is 9.55 Å². The third-order valence-electron chi connectivity index (χ3n) is 2.23. The molecule has 0 amide bonds. The number of aryl methyl sites for hydroxylation is 2. The Morgan fingerprint density at radius 1 is 1.36 bits per heavy atom. The molecule has 2 aromatic rings. The topological polar surface area (TPSA) is 37.8 Å². The molecule has 0 saturated carbocycles. The quantitative estimate of drug-likeness (QED) is 0.590. The van der Waals surface area contributed by atoms with E-state index in [2.05, 4.69) is 9.97 Å². The largest absolute Gasteiger partial charge is 0.304 e. The fourth-order valence-corrected chi connectivity index (χ4v) is 1.62. The molecular weight excluding hydrogens is 178 g/mol. The smallest absolute Gasteiger partial charge is 0.254 e. The fraction of sp³-hybridized carbons (Fsp3) is 0.444. The van der Waals surface area contributed by atoms with Crippen molar-refractivity contribution in [3.63, 3.8) is 0 Å². The molecule has 0 spiro atoms. The van der Waals surface area contributed by atoms with Crippen molar-refractivity contribution in [1.29, 1.82) is 0 Å². The van der Waals surface area contributed by atoms with E-state index in [1.165, 1.54) is 0 Å². The molecule has 2 rings (SSSR count). The summed E-state index contributed by atoms with van der Waals surface area (Å²) in [5.74, 6) is 1.07. The van der Waals surface area contributed by atoms with E-state index in [-0.39, 0.29) is 0 Å². The SMILES string of the molecule is CN(C)c1c2ncn(C)c2nc[n+]1C. The summed E-state index contributed by atoms with van der Waals surface area (Å²) >= 11 is 0. The van der Waals surface area contributed by atoms with Crippen LogP contribution in [0.1, 0.15) is 0 Å². The Hall–Kier alpha value is -1.65. The average molecular weight is 192 g/mol. The standard InChI is InChI=1S/C9H14N5/c1-12(2)9-7-8(11-6-14(9)4)13(3)5-10-7/h5-6H,1-4H3/q+1. The van der Waals surface area contributed by atoms with Crippen molar-refractivity contribution in [2.45, 2.75) is 0 Å². The van der Waals surface area contributed by atoms with E-state index in [0.29, 0.717) is 0 Å². The highest BCUT2D eigenvalue weighted by Crippen LogP contribution is 2.16. The highest BCUT2D eigenvalue weighted by Gasteiger charge is 2.17. The van der Waals surface area contributed by atoms with E-state index in [9.17, 15) is 0 Å². The van der Waals surface area contributed by atoms with E-state index in [0.717, 1.165) is 17.0 Å². The van der Waals surface area contributed by atoms with Gasteiger partial charge in [0.15, 0.2) is 5.52 Å². The number of hydrogen-bond donors (Lipinski definition) is 0. The van der Waals surface area contributed by atoms with Crippen LogP contribution in [-0.2, 0) is 14.1 Å². The van der Waals surface area contributed by atoms with Gasteiger partial charge in [0.1, 0.15) is 0 Å². The molecule has 0 atom stereocenters. The van der Waals surface area contributed by atoms with Crippen molar-refractivity contribution in [1.82, 2.24) is 14.5 Å². The highest BCUT2D eigenvalue weighted by atomic mass is 15.2. The summed E-state index contributed by atoms with van der Waals surface area (Å²) in [6, 6.07) is 0. The summed E-state index contributed by atoms with van der Waals surface area (Å²) < 4.78 is 3.89. The molecule has 0 saturated heterocycles. The van der Waals surface area contributed by atoms with Crippen molar-refractivity contribution in [3.05, 3.63) is 12.7 Å². The maximum absolute atomic E-state index is 4.34. The van der Waals surface area contributed by atoms with Crippen LogP contribution >= 0.6 is 0 Å². The van der Waals surface area contributed by atoms with Crippen molar-refractivity contribution < 1.29 is 4.57 Å². The molecule has 0 aromatic carbocycles. The van der Waals surface area contributed by atoms with Crippen LogP contribution < -0.4 is 9.47 Å². The van der Waals surface area contributed by atoms with Crippen LogP contribution in [0.15, 0.2) is 12.7 Å². The number of hydrogen-bond acceptors (Lipinski definition) is 3. The number of aromatic nitrogens is 4. The van der Waals surface area contributed by atoms with Gasteiger partial charge < -0.3 is 4.57 Å². The third-order valence-corrected chi connectivity index (χ3v) is 2.23. The molecule has 0 aliphatic carbocycles. The Balaban J connectivity index is 2.83. The number of anilines is 1. The summed E-state index contributed by atoms with van der Waals surface area (Å²) in [5, 5.41) is 0. The zero-order chi connectivity index (χ0) is 10.3. The lowest BCUT2D eigenvalue weighted by Crippen LogP contribution is -2.36. The van der Waals surface area contributed by atoms with Gasteiger partial charge in [-0.2, -0.15) is 0 Å². The normalized spacial score (nSPS) is 10.9. The van der Waals surface area contributed by atoms with Crippen molar-refractivity contribution >= 4 is 17.0 Å². The molecule has 0 N–H and O–H groups in total. The minimum Gasteiger partial charge on any atom is -0.304 e. The Bertz CT molecular complexity index is 471. The minimum atomic E-state index is 0.909. The molecule has 0 radical (unpaired) electrons. The lowest BCUT2D eigenvalue weighted by Gasteiger charge is -2.09.